The second-order valence-corrected chi connectivity index (χ2v) is 4.81. The fraction of sp³-hybridized carbons (Fsp3) is 0.357. The summed E-state index contributed by atoms with van der Waals surface area (Å²) in [4.78, 5) is 29.2. The number of ether oxygens (including phenoxy) is 3. The molecular formula is C14H21Cl2NO7. The van der Waals surface area contributed by atoms with E-state index in [9.17, 15) is 9.59 Å². The summed E-state index contributed by atoms with van der Waals surface area (Å²) in [5.41, 5.74) is 4.52. The summed E-state index contributed by atoms with van der Waals surface area (Å²) in [6.45, 7) is 11.9. The molecule has 1 rings (SSSR count). The highest BCUT2D eigenvalue weighted by atomic mass is 35.5. The fourth-order valence-corrected chi connectivity index (χ4v) is 0.806. The number of amides is 1. The predicted molar refractivity (Wildman–Crippen MR) is 90.5 cm³/mol. The van der Waals surface area contributed by atoms with Crippen molar-refractivity contribution in [2.75, 3.05) is 13.7 Å². The first-order valence-corrected chi connectivity index (χ1v) is 6.87. The smallest absolute Gasteiger partial charge is 0.402 e. The lowest BCUT2D eigenvalue weighted by Gasteiger charge is -1.98. The Bertz CT molecular complexity index is 428. The highest BCUT2D eigenvalue weighted by Gasteiger charge is 2.25. The number of nitrogens with two attached hydrogens (primary N) is 1. The molecule has 1 fully saturated rings. The van der Waals surface area contributed by atoms with Gasteiger partial charge < -0.3 is 25.1 Å². The van der Waals surface area contributed by atoms with Crippen molar-refractivity contribution in [1.29, 1.82) is 0 Å². The maximum Gasteiger partial charge on any atom is 0.402 e. The highest BCUT2D eigenvalue weighted by molar-refractivity contribution is 6.55. The zero-order valence-corrected chi connectivity index (χ0v) is 14.9. The van der Waals surface area contributed by atoms with Gasteiger partial charge in [0.05, 0.1) is 30.6 Å². The zero-order chi connectivity index (χ0) is 19.7. The number of hydrogen-bond acceptors (Lipinski definition) is 6. The molecule has 0 saturated carbocycles. The van der Waals surface area contributed by atoms with E-state index in [2.05, 4.69) is 34.9 Å². The molecule has 1 aliphatic heterocycles. The highest BCUT2D eigenvalue weighted by Crippen LogP contribution is 2.18. The van der Waals surface area contributed by atoms with Crippen LogP contribution in [-0.4, -0.2) is 43.0 Å². The molecule has 24 heavy (non-hydrogen) atoms. The van der Waals surface area contributed by atoms with E-state index in [0.717, 1.165) is 12.9 Å². The van der Waals surface area contributed by atoms with Crippen LogP contribution in [0.15, 0.2) is 36.1 Å². The number of carbonyl (C=O) groups is 3. The van der Waals surface area contributed by atoms with E-state index >= 15 is 0 Å². The Hall–Kier alpha value is -2.03. The molecule has 0 aromatic heterocycles. The molecule has 1 aliphatic rings. The van der Waals surface area contributed by atoms with Crippen molar-refractivity contribution < 1.29 is 33.7 Å². The van der Waals surface area contributed by atoms with Gasteiger partial charge in [0.1, 0.15) is 0 Å². The van der Waals surface area contributed by atoms with E-state index in [1.807, 2.05) is 0 Å². The van der Waals surface area contributed by atoms with Crippen molar-refractivity contribution in [1.82, 2.24) is 0 Å². The number of rotatable bonds is 4. The second kappa shape index (κ2) is 17.3. The monoisotopic (exact) mass is 385 g/mol. The number of hydrogen-bond donors (Lipinski definition) is 2. The molecule has 0 aromatic carbocycles. The Labute approximate surface area is 150 Å². The van der Waals surface area contributed by atoms with E-state index < -0.39 is 6.09 Å². The molecule has 1 atom stereocenters. The summed E-state index contributed by atoms with van der Waals surface area (Å²) in [7, 11) is 1.35. The van der Waals surface area contributed by atoms with Crippen LogP contribution in [0, 0.1) is 0 Å². The Morgan fingerprint density at radius 3 is 1.92 bits per heavy atom. The quantitative estimate of drug-likeness (QED) is 0.329. The van der Waals surface area contributed by atoms with Gasteiger partial charge in [0.25, 0.3) is 0 Å². The number of methoxy groups -OCH3 is 1. The Kier molecular flexibility index (Phi) is 19.4. The number of esters is 2. The van der Waals surface area contributed by atoms with Gasteiger partial charge in [-0.2, -0.15) is 0 Å². The van der Waals surface area contributed by atoms with Crippen molar-refractivity contribution >= 4 is 41.2 Å². The third-order valence-electron chi connectivity index (χ3n) is 1.60. The van der Waals surface area contributed by atoms with Crippen LogP contribution in [0.2, 0.25) is 0 Å². The predicted octanol–water partition coefficient (Wildman–Crippen LogP) is 2.76. The van der Waals surface area contributed by atoms with Crippen LogP contribution in [0.3, 0.4) is 0 Å². The molecule has 1 amide bonds. The summed E-state index contributed by atoms with van der Waals surface area (Å²) in [5.74, 6) is -0.666. The largest absolute Gasteiger partial charge is 0.466 e. The van der Waals surface area contributed by atoms with Gasteiger partial charge in [0, 0.05) is 18.9 Å². The maximum absolute atomic E-state index is 10.7. The first-order valence-electron chi connectivity index (χ1n) is 6.11. The van der Waals surface area contributed by atoms with Crippen molar-refractivity contribution in [2.45, 2.75) is 19.4 Å². The third-order valence-corrected chi connectivity index (χ3v) is 1.60. The first-order chi connectivity index (χ1) is 11.0. The number of primary amides is 1. The lowest BCUT2D eigenvalue weighted by atomic mass is 10.2. The lowest BCUT2D eigenvalue weighted by molar-refractivity contribution is -0.136. The van der Waals surface area contributed by atoms with E-state index in [4.69, 9.17) is 37.8 Å². The minimum atomic E-state index is -1.33. The van der Waals surface area contributed by atoms with Crippen molar-refractivity contribution in [3.8, 4) is 0 Å². The molecule has 10 heteroatoms. The summed E-state index contributed by atoms with van der Waals surface area (Å²) in [6.07, 6.45) is 0.584. The van der Waals surface area contributed by atoms with Crippen molar-refractivity contribution in [3.05, 3.63) is 36.1 Å². The van der Waals surface area contributed by atoms with Crippen LogP contribution in [0.5, 0.6) is 0 Å². The molecule has 8 nitrogen and oxygen atoms in total. The van der Waals surface area contributed by atoms with Gasteiger partial charge >= 0.3 is 18.0 Å². The average molecular weight is 386 g/mol. The van der Waals surface area contributed by atoms with Gasteiger partial charge in [0.2, 0.25) is 0 Å². The lowest BCUT2D eigenvalue weighted by Crippen LogP contribution is -2.05. The van der Waals surface area contributed by atoms with Crippen molar-refractivity contribution in [3.63, 3.8) is 0 Å². The fourth-order valence-electron chi connectivity index (χ4n) is 0.806. The first kappa shape index (κ1) is 26.8. The molecule has 3 N–H and O–H groups in total. The Morgan fingerprint density at radius 1 is 1.38 bits per heavy atom. The number of halogens is 2. The van der Waals surface area contributed by atoms with Crippen molar-refractivity contribution in [2.24, 2.45) is 5.73 Å². The van der Waals surface area contributed by atoms with Gasteiger partial charge in [-0.3, -0.25) is 4.79 Å². The molecule has 1 heterocycles. The standard InChI is InChI=1S/C7H10O3.C4H6O2.C2H2Cl2.CH3NO2/c1-5(7(8)9-2)3-6-4-10-6;1-3-6-4(2)5;1-2(3)4;2-1(3)4/h6H,1,3-4H2,2H3;3H,1H2,2H3;1H2;2H2,(H,3,4). The second-order valence-electron chi connectivity index (χ2n) is 3.71. The molecule has 1 unspecified atom stereocenters. The van der Waals surface area contributed by atoms with Gasteiger partial charge in [-0.15, -0.1) is 0 Å². The summed E-state index contributed by atoms with van der Waals surface area (Å²) in [6, 6.07) is 0. The zero-order valence-electron chi connectivity index (χ0n) is 13.4. The third kappa shape index (κ3) is 36.8. The van der Waals surface area contributed by atoms with E-state index in [-0.39, 0.29) is 22.5 Å². The van der Waals surface area contributed by atoms with Crippen LogP contribution in [0.25, 0.3) is 0 Å². The van der Waals surface area contributed by atoms with Crippen LogP contribution >= 0.6 is 23.2 Å². The van der Waals surface area contributed by atoms with Crippen LogP contribution < -0.4 is 5.73 Å². The SMILES string of the molecule is C=C(CC1CO1)C(=O)OC.C=C(Cl)Cl.C=COC(C)=O.NC(=O)O. The number of carbonyl (C=O) groups excluding carboxylic acids is 2. The molecule has 0 bridgehead atoms. The Morgan fingerprint density at radius 2 is 1.75 bits per heavy atom. The number of carboxylic acid groups (broad SMARTS) is 1. The van der Waals surface area contributed by atoms with Crippen LogP contribution in [0.4, 0.5) is 4.79 Å². The average Bonchev–Trinajstić information content (AvgIpc) is 3.20. The molecule has 0 aromatic rings. The normalized spacial score (nSPS) is 12.9. The van der Waals surface area contributed by atoms with E-state index in [0.29, 0.717) is 12.0 Å². The van der Waals surface area contributed by atoms with Gasteiger partial charge in [-0.1, -0.05) is 42.9 Å². The molecule has 1 saturated heterocycles. The maximum atomic E-state index is 10.7. The van der Waals surface area contributed by atoms with Crippen LogP contribution in [-0.2, 0) is 23.8 Å². The van der Waals surface area contributed by atoms with Gasteiger partial charge in [-0.05, 0) is 0 Å². The summed E-state index contributed by atoms with van der Waals surface area (Å²) in [5, 5.41) is 7.19. The molecule has 0 radical (unpaired) electrons. The minimum Gasteiger partial charge on any atom is -0.466 e. The molecular weight excluding hydrogens is 365 g/mol. The summed E-state index contributed by atoms with van der Waals surface area (Å²) < 4.78 is 13.6. The van der Waals surface area contributed by atoms with E-state index in [1.54, 1.807) is 0 Å². The molecule has 0 spiro atoms. The number of epoxide rings is 1. The van der Waals surface area contributed by atoms with Crippen LogP contribution in [0.1, 0.15) is 13.3 Å². The molecule has 138 valence electrons. The topological polar surface area (TPSA) is 128 Å². The molecule has 0 aliphatic carbocycles. The Balaban J connectivity index is -0.000000271. The summed E-state index contributed by atoms with van der Waals surface area (Å²) >= 11 is 9.69. The van der Waals surface area contributed by atoms with E-state index in [1.165, 1.54) is 14.0 Å². The van der Waals surface area contributed by atoms with Gasteiger partial charge in [-0.25, -0.2) is 9.59 Å². The minimum absolute atomic E-state index is 0.111. The van der Waals surface area contributed by atoms with Gasteiger partial charge in [0.15, 0.2) is 0 Å².